The second kappa shape index (κ2) is 7.31. The van der Waals surface area contributed by atoms with Gasteiger partial charge in [-0.25, -0.2) is 13.8 Å². The van der Waals surface area contributed by atoms with E-state index >= 15 is 0 Å². The van der Waals surface area contributed by atoms with Crippen LogP contribution < -0.4 is 10.6 Å². The van der Waals surface area contributed by atoms with E-state index in [-0.39, 0.29) is 5.69 Å². The Morgan fingerprint density at radius 3 is 2.15 bits per heavy atom. The standard InChI is InChI=1S/C20H17F2N3O/c1-12-8-13(2)10-15(9-12)24-14-6-7-18(23-11-14)20(26)25-19-16(21)4-3-5-17(19)22/h3-11,24H,1-2H3,(H,25,26). The number of aromatic nitrogens is 1. The Labute approximate surface area is 149 Å². The molecule has 3 rings (SSSR count). The van der Waals surface area contributed by atoms with E-state index in [0.29, 0.717) is 5.69 Å². The van der Waals surface area contributed by atoms with Gasteiger partial charge < -0.3 is 10.6 Å². The number of para-hydroxylation sites is 1. The molecule has 26 heavy (non-hydrogen) atoms. The van der Waals surface area contributed by atoms with Gasteiger partial charge >= 0.3 is 0 Å². The van der Waals surface area contributed by atoms with Crippen molar-refractivity contribution in [3.8, 4) is 0 Å². The molecule has 0 spiro atoms. The first-order valence-electron chi connectivity index (χ1n) is 7.99. The Kier molecular flexibility index (Phi) is 4.93. The molecule has 0 fully saturated rings. The van der Waals surface area contributed by atoms with Crippen molar-refractivity contribution in [1.29, 1.82) is 0 Å². The summed E-state index contributed by atoms with van der Waals surface area (Å²) in [7, 11) is 0. The van der Waals surface area contributed by atoms with Gasteiger partial charge in [-0.15, -0.1) is 0 Å². The van der Waals surface area contributed by atoms with Gasteiger partial charge in [0.05, 0.1) is 11.9 Å². The normalized spacial score (nSPS) is 10.5. The lowest BCUT2D eigenvalue weighted by atomic mass is 10.1. The Morgan fingerprint density at radius 1 is 0.923 bits per heavy atom. The average molecular weight is 353 g/mol. The van der Waals surface area contributed by atoms with Gasteiger partial charge in [-0.2, -0.15) is 0 Å². The third-order valence-corrected chi connectivity index (χ3v) is 3.71. The highest BCUT2D eigenvalue weighted by Crippen LogP contribution is 2.21. The SMILES string of the molecule is Cc1cc(C)cc(Nc2ccc(C(=O)Nc3c(F)cccc3F)nc2)c1. The number of hydrogen-bond donors (Lipinski definition) is 2. The molecule has 0 saturated carbocycles. The molecule has 0 aliphatic carbocycles. The fourth-order valence-corrected chi connectivity index (χ4v) is 2.61. The number of carbonyl (C=O) groups is 1. The van der Waals surface area contributed by atoms with Gasteiger partial charge in [0.15, 0.2) is 0 Å². The summed E-state index contributed by atoms with van der Waals surface area (Å²) < 4.78 is 27.2. The zero-order chi connectivity index (χ0) is 18.7. The Morgan fingerprint density at radius 2 is 1.58 bits per heavy atom. The quantitative estimate of drug-likeness (QED) is 0.696. The van der Waals surface area contributed by atoms with E-state index < -0.39 is 23.2 Å². The lowest BCUT2D eigenvalue weighted by Crippen LogP contribution is -2.15. The molecule has 6 heteroatoms. The highest BCUT2D eigenvalue weighted by molar-refractivity contribution is 6.03. The molecule has 4 nitrogen and oxygen atoms in total. The highest BCUT2D eigenvalue weighted by Gasteiger charge is 2.14. The molecule has 132 valence electrons. The molecular weight excluding hydrogens is 336 g/mol. The zero-order valence-electron chi connectivity index (χ0n) is 14.3. The summed E-state index contributed by atoms with van der Waals surface area (Å²) in [4.78, 5) is 16.2. The number of rotatable bonds is 4. The maximum Gasteiger partial charge on any atom is 0.274 e. The lowest BCUT2D eigenvalue weighted by Gasteiger charge is -2.10. The summed E-state index contributed by atoms with van der Waals surface area (Å²) in [6, 6.07) is 12.6. The number of hydrogen-bond acceptors (Lipinski definition) is 3. The molecule has 1 heterocycles. The smallest absolute Gasteiger partial charge is 0.274 e. The van der Waals surface area contributed by atoms with Crippen LogP contribution in [0.2, 0.25) is 0 Å². The van der Waals surface area contributed by atoms with Crippen molar-refractivity contribution in [1.82, 2.24) is 4.98 Å². The van der Waals surface area contributed by atoms with Crippen LogP contribution >= 0.6 is 0 Å². The van der Waals surface area contributed by atoms with Crippen LogP contribution in [-0.2, 0) is 0 Å². The van der Waals surface area contributed by atoms with Gasteiger partial charge in [0.1, 0.15) is 23.0 Å². The van der Waals surface area contributed by atoms with E-state index in [2.05, 4.69) is 21.7 Å². The number of aryl methyl sites for hydroxylation is 2. The molecule has 1 aromatic heterocycles. The van der Waals surface area contributed by atoms with Crippen LogP contribution in [0.5, 0.6) is 0 Å². The average Bonchev–Trinajstić information content (AvgIpc) is 2.58. The van der Waals surface area contributed by atoms with E-state index in [1.165, 1.54) is 18.3 Å². The number of anilines is 3. The van der Waals surface area contributed by atoms with Crippen LogP contribution in [0.3, 0.4) is 0 Å². The fraction of sp³-hybridized carbons (Fsp3) is 0.100. The summed E-state index contributed by atoms with van der Waals surface area (Å²) in [5, 5.41) is 5.41. The molecule has 0 saturated heterocycles. The van der Waals surface area contributed by atoms with Crippen LogP contribution in [0.15, 0.2) is 54.7 Å². The minimum atomic E-state index is -0.841. The molecule has 0 atom stereocenters. The zero-order valence-corrected chi connectivity index (χ0v) is 14.3. The number of nitrogens with one attached hydrogen (secondary N) is 2. The Hall–Kier alpha value is -3.28. The molecule has 0 radical (unpaired) electrons. The molecular formula is C20H17F2N3O. The number of benzene rings is 2. The fourth-order valence-electron chi connectivity index (χ4n) is 2.61. The van der Waals surface area contributed by atoms with Crippen molar-refractivity contribution >= 4 is 23.0 Å². The maximum atomic E-state index is 13.6. The van der Waals surface area contributed by atoms with Gasteiger partial charge in [-0.05, 0) is 61.4 Å². The van der Waals surface area contributed by atoms with Crippen molar-refractivity contribution in [2.24, 2.45) is 0 Å². The number of carbonyl (C=O) groups excluding carboxylic acids is 1. The summed E-state index contributed by atoms with van der Waals surface area (Å²) in [6.45, 7) is 4.01. The third-order valence-electron chi connectivity index (χ3n) is 3.71. The third kappa shape index (κ3) is 4.03. The minimum absolute atomic E-state index is 0.0543. The first-order valence-corrected chi connectivity index (χ1v) is 7.99. The van der Waals surface area contributed by atoms with Crippen LogP contribution in [-0.4, -0.2) is 10.9 Å². The van der Waals surface area contributed by atoms with Crippen molar-refractivity contribution in [2.45, 2.75) is 13.8 Å². The first kappa shape index (κ1) is 17.5. The summed E-state index contributed by atoms with van der Waals surface area (Å²) >= 11 is 0. The van der Waals surface area contributed by atoms with Crippen molar-refractivity contribution in [3.05, 3.63) is 83.2 Å². The maximum absolute atomic E-state index is 13.6. The van der Waals surface area contributed by atoms with E-state index in [1.54, 1.807) is 6.07 Å². The number of nitrogens with zero attached hydrogens (tertiary/aromatic N) is 1. The highest BCUT2D eigenvalue weighted by atomic mass is 19.1. The van der Waals surface area contributed by atoms with E-state index in [0.717, 1.165) is 28.9 Å². The monoisotopic (exact) mass is 353 g/mol. The number of amides is 1. The summed E-state index contributed by atoms with van der Waals surface area (Å²) in [5.74, 6) is -2.37. The second-order valence-corrected chi connectivity index (χ2v) is 5.98. The van der Waals surface area contributed by atoms with Gasteiger partial charge in [-0.3, -0.25) is 4.79 Å². The molecule has 0 aliphatic rings. The minimum Gasteiger partial charge on any atom is -0.354 e. The number of halogens is 2. The van der Waals surface area contributed by atoms with E-state index in [9.17, 15) is 13.6 Å². The van der Waals surface area contributed by atoms with Gasteiger partial charge in [0, 0.05) is 5.69 Å². The van der Waals surface area contributed by atoms with Crippen molar-refractivity contribution in [3.63, 3.8) is 0 Å². The van der Waals surface area contributed by atoms with E-state index in [1.807, 2.05) is 26.0 Å². The molecule has 2 aromatic carbocycles. The van der Waals surface area contributed by atoms with Crippen LogP contribution in [0.25, 0.3) is 0 Å². The molecule has 1 amide bonds. The van der Waals surface area contributed by atoms with Crippen LogP contribution in [0, 0.1) is 25.5 Å². The molecule has 0 bridgehead atoms. The summed E-state index contributed by atoms with van der Waals surface area (Å²) in [6.07, 6.45) is 1.49. The van der Waals surface area contributed by atoms with Gasteiger partial charge in [0.2, 0.25) is 0 Å². The van der Waals surface area contributed by atoms with Crippen LogP contribution in [0.4, 0.5) is 25.8 Å². The second-order valence-electron chi connectivity index (χ2n) is 5.98. The van der Waals surface area contributed by atoms with Gasteiger partial charge in [0.25, 0.3) is 5.91 Å². The predicted molar refractivity (Wildman–Crippen MR) is 97.7 cm³/mol. The molecule has 0 unspecified atom stereocenters. The van der Waals surface area contributed by atoms with Gasteiger partial charge in [-0.1, -0.05) is 12.1 Å². The van der Waals surface area contributed by atoms with Crippen molar-refractivity contribution in [2.75, 3.05) is 10.6 Å². The Bertz CT molecular complexity index is 915. The number of pyridine rings is 1. The molecule has 2 N–H and O–H groups in total. The largest absolute Gasteiger partial charge is 0.354 e. The van der Waals surface area contributed by atoms with Crippen LogP contribution in [0.1, 0.15) is 21.6 Å². The van der Waals surface area contributed by atoms with E-state index in [4.69, 9.17) is 0 Å². The molecule has 0 aliphatic heterocycles. The predicted octanol–water partition coefficient (Wildman–Crippen LogP) is 4.97. The lowest BCUT2D eigenvalue weighted by molar-refractivity contribution is 0.102. The Balaban J connectivity index is 1.73. The topological polar surface area (TPSA) is 54.0 Å². The summed E-state index contributed by atoms with van der Waals surface area (Å²) in [5.41, 5.74) is 3.43. The molecule has 3 aromatic rings. The first-order chi connectivity index (χ1) is 12.4. The van der Waals surface area contributed by atoms with Crippen molar-refractivity contribution < 1.29 is 13.6 Å².